The Kier molecular flexibility index (Phi) is 5.28. The summed E-state index contributed by atoms with van der Waals surface area (Å²) < 4.78 is 4.19. The summed E-state index contributed by atoms with van der Waals surface area (Å²) >= 11 is 5.03. The van der Waals surface area contributed by atoms with Crippen molar-refractivity contribution in [2.45, 2.75) is 25.7 Å². The van der Waals surface area contributed by atoms with Crippen molar-refractivity contribution in [3.05, 3.63) is 12.8 Å². The molecule has 0 heterocycles. The van der Waals surface area contributed by atoms with Gasteiger partial charge >= 0.3 is 5.97 Å². The van der Waals surface area contributed by atoms with Gasteiger partial charge in [0.05, 0.1) is 5.92 Å². The fourth-order valence-electron chi connectivity index (χ4n) is 1.96. The number of nitrogens with two attached hydrogens (primary N) is 1. The van der Waals surface area contributed by atoms with Gasteiger partial charge in [-0.2, -0.15) is 5.90 Å². The maximum absolute atomic E-state index is 11.2. The molecular formula is C10H15ClN2O3. The van der Waals surface area contributed by atoms with E-state index in [2.05, 4.69) is 20.7 Å². The first-order valence-electron chi connectivity index (χ1n) is 5.10. The lowest BCUT2D eigenvalue weighted by Gasteiger charge is -2.25. The van der Waals surface area contributed by atoms with Gasteiger partial charge in [0, 0.05) is 12.1 Å². The van der Waals surface area contributed by atoms with Gasteiger partial charge in [0.15, 0.2) is 0 Å². The lowest BCUT2D eigenvalue weighted by atomic mass is 9.82. The summed E-state index contributed by atoms with van der Waals surface area (Å²) in [5.41, 5.74) is 0. The predicted molar refractivity (Wildman–Crippen MR) is 60.3 cm³/mol. The maximum Gasteiger partial charge on any atom is 0.327 e. The Morgan fingerprint density at radius 1 is 1.38 bits per heavy atom. The van der Waals surface area contributed by atoms with E-state index in [0.717, 1.165) is 12.8 Å². The molecule has 2 N–H and O–H groups in total. The van der Waals surface area contributed by atoms with Gasteiger partial charge in [-0.15, -0.1) is 0 Å². The molecule has 1 fully saturated rings. The zero-order valence-corrected chi connectivity index (χ0v) is 9.65. The largest absolute Gasteiger partial charge is 0.396 e. The molecule has 0 amide bonds. The van der Waals surface area contributed by atoms with Crippen LogP contribution in [0.25, 0.3) is 0 Å². The molecule has 0 bridgehead atoms. The van der Waals surface area contributed by atoms with Crippen LogP contribution in [0.3, 0.4) is 0 Å². The van der Waals surface area contributed by atoms with E-state index >= 15 is 0 Å². The molecule has 1 rings (SSSR count). The third-order valence-corrected chi connectivity index (χ3v) is 2.98. The van der Waals surface area contributed by atoms with E-state index in [0.29, 0.717) is 18.7 Å². The van der Waals surface area contributed by atoms with E-state index < -0.39 is 0 Å². The number of carbonyl (C=O) groups is 1. The van der Waals surface area contributed by atoms with E-state index in [1.807, 2.05) is 0 Å². The van der Waals surface area contributed by atoms with Gasteiger partial charge < -0.3 is 9.13 Å². The predicted octanol–water partition coefficient (Wildman–Crippen LogP) is 1.92. The molecule has 16 heavy (non-hydrogen) atoms. The van der Waals surface area contributed by atoms with Gasteiger partial charge in [-0.05, 0) is 25.7 Å². The highest BCUT2D eigenvalue weighted by Gasteiger charge is 2.30. The van der Waals surface area contributed by atoms with E-state index in [-0.39, 0.29) is 17.8 Å². The van der Waals surface area contributed by atoms with Crippen molar-refractivity contribution < 1.29 is 13.9 Å². The molecule has 6 heteroatoms. The van der Waals surface area contributed by atoms with Crippen LogP contribution in [0.4, 0.5) is 0 Å². The molecule has 5 nitrogen and oxygen atoms in total. The van der Waals surface area contributed by atoms with Crippen LogP contribution in [0.2, 0.25) is 0 Å². The first-order valence-corrected chi connectivity index (χ1v) is 5.41. The molecular weight excluding hydrogens is 232 g/mol. The number of rotatable bonds is 3. The topological polar surface area (TPSA) is 73.9 Å². The molecule has 0 saturated heterocycles. The average Bonchev–Trinajstić information content (AvgIpc) is 2.35. The second-order valence-corrected chi connectivity index (χ2v) is 3.87. The highest BCUT2D eigenvalue weighted by atomic mass is 35.5. The van der Waals surface area contributed by atoms with Crippen molar-refractivity contribution in [3.8, 4) is 0 Å². The van der Waals surface area contributed by atoms with E-state index in [9.17, 15) is 4.79 Å². The number of halogens is 1. The SMILES string of the molecule is C=CN=C(ON)C1CCC(C(=O)OCl)CC1. The Bertz CT molecular complexity index is 286. The van der Waals surface area contributed by atoms with Gasteiger partial charge in [0.2, 0.25) is 5.90 Å². The summed E-state index contributed by atoms with van der Waals surface area (Å²) in [6, 6.07) is 0. The summed E-state index contributed by atoms with van der Waals surface area (Å²) in [7, 11) is 0. The Morgan fingerprint density at radius 3 is 2.38 bits per heavy atom. The van der Waals surface area contributed by atoms with Crippen molar-refractivity contribution in [3.63, 3.8) is 0 Å². The molecule has 0 aromatic rings. The molecule has 0 unspecified atom stereocenters. The number of carbonyl (C=O) groups excluding carboxylic acids is 1. The molecule has 1 aliphatic rings. The summed E-state index contributed by atoms with van der Waals surface area (Å²) in [5.74, 6) is 5.23. The molecule has 0 spiro atoms. The number of hydrogen-bond donors (Lipinski definition) is 1. The first kappa shape index (κ1) is 13.0. The minimum atomic E-state index is -0.365. The maximum atomic E-state index is 11.2. The molecule has 0 atom stereocenters. The van der Waals surface area contributed by atoms with Gasteiger partial charge in [-0.3, -0.25) is 4.79 Å². The lowest BCUT2D eigenvalue weighted by Crippen LogP contribution is -2.28. The van der Waals surface area contributed by atoms with Crippen molar-refractivity contribution in [1.29, 1.82) is 0 Å². The number of hydrogen-bond acceptors (Lipinski definition) is 5. The van der Waals surface area contributed by atoms with E-state index in [1.165, 1.54) is 6.20 Å². The van der Waals surface area contributed by atoms with Crippen molar-refractivity contribution in [1.82, 2.24) is 0 Å². The second kappa shape index (κ2) is 6.50. The quantitative estimate of drug-likeness (QED) is 0.469. The molecule has 0 aromatic heterocycles. The van der Waals surface area contributed by atoms with Crippen LogP contribution < -0.4 is 5.90 Å². The Balaban J connectivity index is 2.51. The third kappa shape index (κ3) is 3.21. The fourth-order valence-corrected chi connectivity index (χ4v) is 2.09. The normalized spacial score (nSPS) is 26.0. The number of nitrogens with zero attached hydrogens (tertiary/aromatic N) is 1. The van der Waals surface area contributed by atoms with Crippen LogP contribution in [0.15, 0.2) is 17.8 Å². The summed E-state index contributed by atoms with van der Waals surface area (Å²) in [5, 5.41) is 0. The average molecular weight is 247 g/mol. The highest BCUT2D eigenvalue weighted by molar-refractivity contribution is 6.13. The Labute approximate surface area is 99.4 Å². The standard InChI is InChI=1S/C10H15ClN2O3/c1-2-13-9(16-12)7-3-5-8(6-4-7)10(14)15-11/h2,7-8H,1,3-6,12H2. The second-order valence-electron chi connectivity index (χ2n) is 3.71. The minimum Gasteiger partial charge on any atom is -0.396 e. The highest BCUT2D eigenvalue weighted by Crippen LogP contribution is 2.30. The van der Waals surface area contributed by atoms with Crippen molar-refractivity contribution in [2.75, 3.05) is 0 Å². The van der Waals surface area contributed by atoms with Crippen LogP contribution in [0.5, 0.6) is 0 Å². The number of aliphatic imine (C=N–C) groups is 1. The lowest BCUT2D eigenvalue weighted by molar-refractivity contribution is -0.139. The Morgan fingerprint density at radius 2 is 1.94 bits per heavy atom. The van der Waals surface area contributed by atoms with Crippen molar-refractivity contribution >= 4 is 23.7 Å². The van der Waals surface area contributed by atoms with Gasteiger partial charge in [0.1, 0.15) is 11.9 Å². The fraction of sp³-hybridized carbons (Fsp3) is 0.600. The molecule has 0 aromatic carbocycles. The van der Waals surface area contributed by atoms with Crippen LogP contribution in [-0.2, 0) is 13.9 Å². The minimum absolute atomic E-state index is 0.128. The molecule has 0 radical (unpaired) electrons. The molecule has 1 aliphatic carbocycles. The van der Waals surface area contributed by atoms with Crippen LogP contribution in [0, 0.1) is 11.8 Å². The molecule has 1 saturated carbocycles. The third-order valence-electron chi connectivity index (χ3n) is 2.83. The zero-order chi connectivity index (χ0) is 12.0. The molecule has 0 aliphatic heterocycles. The Hall–Kier alpha value is -1.07. The van der Waals surface area contributed by atoms with Gasteiger partial charge in [-0.1, -0.05) is 6.58 Å². The van der Waals surface area contributed by atoms with Gasteiger partial charge in [-0.25, -0.2) is 4.99 Å². The summed E-state index contributed by atoms with van der Waals surface area (Å²) in [6.07, 6.45) is 4.36. The van der Waals surface area contributed by atoms with Crippen molar-refractivity contribution in [2.24, 2.45) is 22.7 Å². The van der Waals surface area contributed by atoms with Crippen LogP contribution >= 0.6 is 11.9 Å². The summed E-state index contributed by atoms with van der Waals surface area (Å²) in [6.45, 7) is 3.49. The zero-order valence-electron chi connectivity index (χ0n) is 8.89. The van der Waals surface area contributed by atoms with Crippen LogP contribution in [0.1, 0.15) is 25.7 Å². The monoisotopic (exact) mass is 246 g/mol. The molecule has 90 valence electrons. The van der Waals surface area contributed by atoms with Crippen LogP contribution in [-0.4, -0.2) is 11.9 Å². The van der Waals surface area contributed by atoms with E-state index in [4.69, 9.17) is 17.8 Å². The summed E-state index contributed by atoms with van der Waals surface area (Å²) in [4.78, 5) is 19.8. The van der Waals surface area contributed by atoms with E-state index in [1.54, 1.807) is 0 Å². The first-order chi connectivity index (χ1) is 7.72. The van der Waals surface area contributed by atoms with Gasteiger partial charge in [0.25, 0.3) is 0 Å². The smallest absolute Gasteiger partial charge is 0.327 e.